The minimum atomic E-state index is -3.33. The van der Waals surface area contributed by atoms with Crippen LogP contribution in [0.2, 0.25) is 0 Å². The molecule has 8 heteroatoms. The molecule has 1 atom stereocenters. The smallest absolute Gasteiger partial charge is 0.256 e. The number of rotatable bonds is 4. The summed E-state index contributed by atoms with van der Waals surface area (Å²) in [6, 6.07) is 6.86. The van der Waals surface area contributed by atoms with Crippen LogP contribution in [0.1, 0.15) is 42.7 Å². The second-order valence-corrected chi connectivity index (χ2v) is 8.52. The summed E-state index contributed by atoms with van der Waals surface area (Å²) in [4.78, 5) is 12.6. The molecular weight excluding hydrogens is 340 g/mol. The Bertz CT molecular complexity index is 918. The highest BCUT2D eigenvalue weighted by atomic mass is 32.2. The van der Waals surface area contributed by atoms with Gasteiger partial charge in [0.05, 0.1) is 18.1 Å². The van der Waals surface area contributed by atoms with Crippen molar-refractivity contribution in [2.75, 3.05) is 15.9 Å². The highest BCUT2D eigenvalue weighted by Crippen LogP contribution is 2.34. The number of hydrogen-bond donors (Lipinski definition) is 1. The highest BCUT2D eigenvalue weighted by molar-refractivity contribution is 7.92. The molecule has 1 aromatic carbocycles. The molecule has 0 radical (unpaired) electrons. The van der Waals surface area contributed by atoms with E-state index in [1.807, 2.05) is 20.8 Å². The summed E-state index contributed by atoms with van der Waals surface area (Å²) in [7, 11) is -3.33. The summed E-state index contributed by atoms with van der Waals surface area (Å²) in [5.41, 5.74) is 2.01. The fourth-order valence-electron chi connectivity index (χ4n) is 3.26. The Balaban J connectivity index is 1.87. The average molecular weight is 362 g/mol. The second-order valence-electron chi connectivity index (χ2n) is 6.66. The van der Waals surface area contributed by atoms with Crippen molar-refractivity contribution in [3.05, 3.63) is 41.6 Å². The third-order valence-electron chi connectivity index (χ3n) is 4.25. The molecule has 25 heavy (non-hydrogen) atoms. The molecule has 0 fully saturated rings. The van der Waals surface area contributed by atoms with Crippen LogP contribution in [0, 0.1) is 0 Å². The van der Waals surface area contributed by atoms with Crippen LogP contribution in [0.3, 0.4) is 0 Å². The number of fused-ring (bicyclic) bond motifs is 1. The van der Waals surface area contributed by atoms with E-state index in [4.69, 9.17) is 0 Å². The van der Waals surface area contributed by atoms with E-state index in [1.54, 1.807) is 35.1 Å². The Morgan fingerprint density at radius 1 is 1.32 bits per heavy atom. The number of benzene rings is 1. The first-order valence-corrected chi connectivity index (χ1v) is 10.0. The number of aromatic nitrogens is 2. The minimum absolute atomic E-state index is 0.134. The van der Waals surface area contributed by atoms with E-state index in [9.17, 15) is 13.2 Å². The molecular formula is C17H22N4O3S. The van der Waals surface area contributed by atoms with E-state index >= 15 is 0 Å². The molecule has 0 saturated carbocycles. The molecule has 0 unspecified atom stereocenters. The minimum Gasteiger partial charge on any atom is -0.307 e. The Morgan fingerprint density at radius 2 is 2.04 bits per heavy atom. The SMILES string of the molecule is CC(C)n1nccc1NC(=O)c1ccc2c(c1)C[C@@H](C)N2S(C)(=O)=O. The van der Waals surface area contributed by atoms with Gasteiger partial charge in [-0.05, 0) is 51.0 Å². The van der Waals surface area contributed by atoms with Crippen LogP contribution >= 0.6 is 0 Å². The van der Waals surface area contributed by atoms with Crippen molar-refractivity contribution in [3.63, 3.8) is 0 Å². The van der Waals surface area contributed by atoms with Gasteiger partial charge in [0, 0.05) is 23.7 Å². The number of nitrogens with one attached hydrogen (secondary N) is 1. The van der Waals surface area contributed by atoms with Gasteiger partial charge in [0.2, 0.25) is 10.0 Å². The van der Waals surface area contributed by atoms with Gasteiger partial charge in [0.25, 0.3) is 5.91 Å². The zero-order valence-corrected chi connectivity index (χ0v) is 15.5. The maximum Gasteiger partial charge on any atom is 0.256 e. The lowest BCUT2D eigenvalue weighted by Gasteiger charge is -2.21. The third kappa shape index (κ3) is 3.26. The summed E-state index contributed by atoms with van der Waals surface area (Å²) in [6.07, 6.45) is 3.43. The Morgan fingerprint density at radius 3 is 2.68 bits per heavy atom. The van der Waals surface area contributed by atoms with E-state index in [0.29, 0.717) is 23.5 Å². The number of carbonyl (C=O) groups excluding carboxylic acids is 1. The van der Waals surface area contributed by atoms with Crippen LogP contribution in [0.5, 0.6) is 0 Å². The van der Waals surface area contributed by atoms with Gasteiger partial charge in [-0.15, -0.1) is 0 Å². The van der Waals surface area contributed by atoms with Crippen molar-refractivity contribution in [2.45, 2.75) is 39.3 Å². The first-order valence-electron chi connectivity index (χ1n) is 8.15. The maximum absolute atomic E-state index is 12.6. The van der Waals surface area contributed by atoms with Gasteiger partial charge in [-0.25, -0.2) is 13.1 Å². The van der Waals surface area contributed by atoms with Gasteiger partial charge < -0.3 is 5.32 Å². The lowest BCUT2D eigenvalue weighted by atomic mass is 10.1. The van der Waals surface area contributed by atoms with Gasteiger partial charge >= 0.3 is 0 Å². The Hall–Kier alpha value is -2.35. The van der Waals surface area contributed by atoms with Crippen LogP contribution in [0.4, 0.5) is 11.5 Å². The fourth-order valence-corrected chi connectivity index (χ4v) is 4.53. The lowest BCUT2D eigenvalue weighted by molar-refractivity contribution is 0.102. The van der Waals surface area contributed by atoms with Crippen molar-refractivity contribution in [1.82, 2.24) is 9.78 Å². The molecule has 1 aromatic heterocycles. The molecule has 1 amide bonds. The van der Waals surface area contributed by atoms with Gasteiger partial charge in [0.15, 0.2) is 0 Å². The molecule has 0 bridgehead atoms. The van der Waals surface area contributed by atoms with Crippen LogP contribution < -0.4 is 9.62 Å². The normalized spacial score (nSPS) is 17.0. The lowest BCUT2D eigenvalue weighted by Crippen LogP contribution is -2.34. The number of carbonyl (C=O) groups is 1. The molecule has 134 valence electrons. The van der Waals surface area contributed by atoms with Crippen LogP contribution in [-0.2, 0) is 16.4 Å². The highest BCUT2D eigenvalue weighted by Gasteiger charge is 2.32. The van der Waals surface area contributed by atoms with Crippen LogP contribution in [0.25, 0.3) is 0 Å². The zero-order chi connectivity index (χ0) is 18.4. The molecule has 1 N–H and O–H groups in total. The van der Waals surface area contributed by atoms with Gasteiger partial charge in [-0.2, -0.15) is 5.10 Å². The average Bonchev–Trinajstić information content (AvgIpc) is 3.08. The van der Waals surface area contributed by atoms with Crippen molar-refractivity contribution in [1.29, 1.82) is 0 Å². The number of sulfonamides is 1. The van der Waals surface area contributed by atoms with Crippen molar-refractivity contribution < 1.29 is 13.2 Å². The molecule has 7 nitrogen and oxygen atoms in total. The quantitative estimate of drug-likeness (QED) is 0.905. The standard InChI is InChI=1S/C17H22N4O3S/c1-11(2)20-16(7-8-18-20)19-17(22)13-5-6-15-14(10-13)9-12(3)21(15)25(4,23)24/h5-8,10-12H,9H2,1-4H3,(H,19,22)/t12-/m1/s1. The monoisotopic (exact) mass is 362 g/mol. The predicted octanol–water partition coefficient (Wildman–Crippen LogP) is 2.43. The van der Waals surface area contributed by atoms with E-state index in [0.717, 1.165) is 5.56 Å². The summed E-state index contributed by atoms with van der Waals surface area (Å²) < 4.78 is 27.1. The number of amides is 1. The number of anilines is 2. The maximum atomic E-state index is 12.6. The largest absolute Gasteiger partial charge is 0.307 e. The van der Waals surface area contributed by atoms with Gasteiger partial charge in [-0.1, -0.05) is 0 Å². The van der Waals surface area contributed by atoms with Crippen molar-refractivity contribution in [3.8, 4) is 0 Å². The Kier molecular flexibility index (Phi) is 4.32. The Labute approximate surface area is 147 Å². The number of hydrogen-bond acceptors (Lipinski definition) is 4. The van der Waals surface area contributed by atoms with E-state index in [-0.39, 0.29) is 18.0 Å². The van der Waals surface area contributed by atoms with E-state index in [1.165, 1.54) is 10.6 Å². The molecule has 0 aliphatic carbocycles. The summed E-state index contributed by atoms with van der Waals surface area (Å²) in [6.45, 7) is 5.83. The molecule has 1 aliphatic heterocycles. The predicted molar refractivity (Wildman–Crippen MR) is 97.5 cm³/mol. The van der Waals surface area contributed by atoms with Gasteiger partial charge in [0.1, 0.15) is 5.82 Å². The van der Waals surface area contributed by atoms with Crippen LogP contribution in [-0.4, -0.2) is 36.4 Å². The molecule has 3 rings (SSSR count). The molecule has 2 heterocycles. The van der Waals surface area contributed by atoms with Crippen LogP contribution in [0.15, 0.2) is 30.5 Å². The zero-order valence-electron chi connectivity index (χ0n) is 14.7. The second kappa shape index (κ2) is 6.18. The van der Waals surface area contributed by atoms with Crippen molar-refractivity contribution in [2.24, 2.45) is 0 Å². The summed E-state index contributed by atoms with van der Waals surface area (Å²) >= 11 is 0. The molecule has 0 saturated heterocycles. The summed E-state index contributed by atoms with van der Waals surface area (Å²) in [5.74, 6) is 0.391. The molecule has 2 aromatic rings. The fraction of sp³-hybridized carbons (Fsp3) is 0.412. The van der Waals surface area contributed by atoms with E-state index < -0.39 is 10.0 Å². The third-order valence-corrected chi connectivity index (χ3v) is 5.52. The topological polar surface area (TPSA) is 84.3 Å². The molecule has 1 aliphatic rings. The first-order chi connectivity index (χ1) is 11.7. The number of nitrogens with zero attached hydrogens (tertiary/aromatic N) is 3. The van der Waals surface area contributed by atoms with E-state index in [2.05, 4.69) is 10.4 Å². The first kappa shape index (κ1) is 17.5. The van der Waals surface area contributed by atoms with Crippen molar-refractivity contribution >= 4 is 27.4 Å². The molecule has 0 spiro atoms. The van der Waals surface area contributed by atoms with Gasteiger partial charge in [-0.3, -0.25) is 9.10 Å². The summed E-state index contributed by atoms with van der Waals surface area (Å²) in [5, 5.41) is 7.06.